The van der Waals surface area contributed by atoms with E-state index in [0.717, 1.165) is 32.4 Å². The summed E-state index contributed by atoms with van der Waals surface area (Å²) in [5.41, 5.74) is 0. The summed E-state index contributed by atoms with van der Waals surface area (Å²) in [6.07, 6.45) is 11.1. The minimum absolute atomic E-state index is 0.108. The number of likely N-dealkylation sites (tertiary alicyclic amines) is 1. The third-order valence-electron chi connectivity index (χ3n) is 3.71. The summed E-state index contributed by atoms with van der Waals surface area (Å²) >= 11 is 0. The van der Waals surface area contributed by atoms with Gasteiger partial charge in [0.05, 0.1) is 5.75 Å². The van der Waals surface area contributed by atoms with Crippen LogP contribution in [-0.2, 0) is 14.9 Å². The van der Waals surface area contributed by atoms with E-state index in [-0.39, 0.29) is 5.75 Å². The summed E-state index contributed by atoms with van der Waals surface area (Å²) in [6.45, 7) is 6.12. The van der Waals surface area contributed by atoms with Crippen molar-refractivity contribution in [3.8, 4) is 0 Å². The molecule has 1 rings (SSSR count). The molecule has 0 spiro atoms. The predicted octanol–water partition coefficient (Wildman–Crippen LogP) is 3.64. The average Bonchev–Trinajstić information content (AvgIpc) is 2.86. The Morgan fingerprint density at radius 2 is 1.59 bits per heavy atom. The minimum Gasteiger partial charge on any atom is -0.343 e. The molecule has 1 fully saturated rings. The number of carbonyl (C=O) groups excluding carboxylic acids is 1. The van der Waals surface area contributed by atoms with Crippen molar-refractivity contribution in [2.75, 3.05) is 18.8 Å². The third-order valence-corrected chi connectivity index (χ3v) is 4.51. The standard InChI is InChI=1S/C12H23NO.C4H10O3S/c1-2-3-4-5-6-7-10-13-11-8-9-12(13)14;1-2-3-4-8(5,6)7/h2-11H2,1H3;2-4H2,1H3,(H,5,6,7). The maximum absolute atomic E-state index is 11.3. The Balaban J connectivity index is 0.000000472. The van der Waals surface area contributed by atoms with Gasteiger partial charge < -0.3 is 4.90 Å². The highest BCUT2D eigenvalue weighted by atomic mass is 32.2. The second kappa shape index (κ2) is 12.9. The topological polar surface area (TPSA) is 74.7 Å². The van der Waals surface area contributed by atoms with Crippen molar-refractivity contribution in [1.29, 1.82) is 0 Å². The van der Waals surface area contributed by atoms with Crippen molar-refractivity contribution < 1.29 is 17.8 Å². The van der Waals surface area contributed by atoms with E-state index in [2.05, 4.69) is 6.92 Å². The fourth-order valence-electron chi connectivity index (χ4n) is 2.35. The van der Waals surface area contributed by atoms with Gasteiger partial charge >= 0.3 is 0 Å². The lowest BCUT2D eigenvalue weighted by Crippen LogP contribution is -2.25. The Labute approximate surface area is 136 Å². The number of carbonyl (C=O) groups is 1. The van der Waals surface area contributed by atoms with Crippen LogP contribution >= 0.6 is 0 Å². The molecule has 1 saturated heterocycles. The molecule has 0 bridgehead atoms. The van der Waals surface area contributed by atoms with Gasteiger partial charge in [-0.15, -0.1) is 0 Å². The summed E-state index contributed by atoms with van der Waals surface area (Å²) in [6, 6.07) is 0. The normalized spacial score (nSPS) is 14.9. The van der Waals surface area contributed by atoms with Crippen molar-refractivity contribution in [2.45, 2.75) is 78.1 Å². The van der Waals surface area contributed by atoms with Crippen LogP contribution in [0.5, 0.6) is 0 Å². The van der Waals surface area contributed by atoms with Gasteiger partial charge in [-0.3, -0.25) is 9.35 Å². The zero-order chi connectivity index (χ0) is 16.8. The smallest absolute Gasteiger partial charge is 0.264 e. The molecule has 1 amide bonds. The Hall–Kier alpha value is -0.620. The van der Waals surface area contributed by atoms with Crippen LogP contribution in [-0.4, -0.2) is 42.6 Å². The van der Waals surface area contributed by atoms with E-state index in [0.29, 0.717) is 12.3 Å². The van der Waals surface area contributed by atoms with Crippen LogP contribution in [0.2, 0.25) is 0 Å². The molecule has 6 heteroatoms. The fourth-order valence-corrected chi connectivity index (χ4v) is 3.00. The first-order valence-corrected chi connectivity index (χ1v) is 10.2. The van der Waals surface area contributed by atoms with Crippen LogP contribution in [0.3, 0.4) is 0 Å². The summed E-state index contributed by atoms with van der Waals surface area (Å²) in [5, 5.41) is 0. The molecule has 132 valence electrons. The lowest BCUT2D eigenvalue weighted by Gasteiger charge is -2.14. The molecule has 1 heterocycles. The number of hydrogen-bond acceptors (Lipinski definition) is 3. The highest BCUT2D eigenvalue weighted by molar-refractivity contribution is 7.85. The first kappa shape index (κ1) is 21.4. The number of hydrogen-bond donors (Lipinski definition) is 1. The van der Waals surface area contributed by atoms with Crippen molar-refractivity contribution in [3.63, 3.8) is 0 Å². The molecular weight excluding hydrogens is 302 g/mol. The van der Waals surface area contributed by atoms with Crippen LogP contribution in [0.15, 0.2) is 0 Å². The SMILES string of the molecule is CCCCCCCCN1CCCC1=O.CCCCS(=O)(=O)O. The van der Waals surface area contributed by atoms with Crippen LogP contribution in [0.1, 0.15) is 78.1 Å². The monoisotopic (exact) mass is 335 g/mol. The number of unbranched alkanes of at least 4 members (excludes halogenated alkanes) is 6. The number of nitrogens with zero attached hydrogens (tertiary/aromatic N) is 1. The molecule has 5 nitrogen and oxygen atoms in total. The maximum atomic E-state index is 11.3. The van der Waals surface area contributed by atoms with E-state index in [4.69, 9.17) is 4.55 Å². The molecule has 0 aromatic carbocycles. The molecule has 0 saturated carbocycles. The van der Waals surface area contributed by atoms with Gasteiger partial charge in [0.15, 0.2) is 0 Å². The highest BCUT2D eigenvalue weighted by Gasteiger charge is 2.18. The van der Waals surface area contributed by atoms with Crippen molar-refractivity contribution in [1.82, 2.24) is 4.90 Å². The van der Waals surface area contributed by atoms with Gasteiger partial charge in [0.2, 0.25) is 5.91 Å². The van der Waals surface area contributed by atoms with Gasteiger partial charge in [-0.05, 0) is 19.3 Å². The van der Waals surface area contributed by atoms with Gasteiger partial charge in [0.25, 0.3) is 10.1 Å². The molecule has 0 aromatic rings. The van der Waals surface area contributed by atoms with Gasteiger partial charge in [0.1, 0.15) is 0 Å². The minimum atomic E-state index is -3.69. The van der Waals surface area contributed by atoms with Crippen LogP contribution in [0, 0.1) is 0 Å². The zero-order valence-electron chi connectivity index (χ0n) is 14.2. The van der Waals surface area contributed by atoms with Crippen LogP contribution in [0.25, 0.3) is 0 Å². The number of rotatable bonds is 10. The molecule has 1 aliphatic heterocycles. The molecule has 1 aliphatic rings. The van der Waals surface area contributed by atoms with Gasteiger partial charge in [-0.2, -0.15) is 8.42 Å². The molecule has 0 atom stereocenters. The molecule has 0 aliphatic carbocycles. The van der Waals surface area contributed by atoms with Crippen LogP contribution in [0.4, 0.5) is 0 Å². The van der Waals surface area contributed by atoms with Crippen molar-refractivity contribution in [3.05, 3.63) is 0 Å². The van der Waals surface area contributed by atoms with Gasteiger partial charge in [0, 0.05) is 19.5 Å². The first-order valence-electron chi connectivity index (χ1n) is 8.63. The lowest BCUT2D eigenvalue weighted by atomic mass is 10.1. The molecule has 0 radical (unpaired) electrons. The Morgan fingerprint density at radius 3 is 2.05 bits per heavy atom. The molecule has 1 N–H and O–H groups in total. The average molecular weight is 336 g/mol. The maximum Gasteiger partial charge on any atom is 0.264 e. The number of amides is 1. The fraction of sp³-hybridized carbons (Fsp3) is 0.938. The van der Waals surface area contributed by atoms with Crippen molar-refractivity contribution in [2.24, 2.45) is 0 Å². The van der Waals surface area contributed by atoms with E-state index in [1.807, 2.05) is 11.8 Å². The first-order chi connectivity index (χ1) is 10.4. The quantitative estimate of drug-likeness (QED) is 0.488. The van der Waals surface area contributed by atoms with Crippen molar-refractivity contribution >= 4 is 16.0 Å². The Kier molecular flexibility index (Phi) is 12.5. The predicted molar refractivity (Wildman–Crippen MR) is 90.5 cm³/mol. The van der Waals surface area contributed by atoms with Gasteiger partial charge in [-0.1, -0.05) is 52.4 Å². The van der Waals surface area contributed by atoms with E-state index >= 15 is 0 Å². The summed E-state index contributed by atoms with van der Waals surface area (Å²) < 4.78 is 28.0. The summed E-state index contributed by atoms with van der Waals surface area (Å²) in [4.78, 5) is 13.3. The van der Waals surface area contributed by atoms with Gasteiger partial charge in [-0.25, -0.2) is 0 Å². The van der Waals surface area contributed by atoms with E-state index < -0.39 is 10.1 Å². The molecular formula is C16H33NO4S. The summed E-state index contributed by atoms with van der Waals surface area (Å²) in [5.74, 6) is 0.266. The van der Waals surface area contributed by atoms with E-state index in [1.54, 1.807) is 0 Å². The molecule has 0 aromatic heterocycles. The lowest BCUT2D eigenvalue weighted by molar-refractivity contribution is -0.127. The third kappa shape index (κ3) is 13.1. The zero-order valence-corrected chi connectivity index (χ0v) is 15.0. The highest BCUT2D eigenvalue weighted by Crippen LogP contribution is 2.12. The van der Waals surface area contributed by atoms with Crippen LogP contribution < -0.4 is 0 Å². The molecule has 22 heavy (non-hydrogen) atoms. The summed E-state index contributed by atoms with van der Waals surface area (Å²) in [7, 11) is -3.69. The second-order valence-electron chi connectivity index (χ2n) is 5.89. The Morgan fingerprint density at radius 1 is 1.00 bits per heavy atom. The van der Waals surface area contributed by atoms with E-state index in [1.165, 1.54) is 38.5 Å². The van der Waals surface area contributed by atoms with E-state index in [9.17, 15) is 13.2 Å². The Bertz CT molecular complexity index is 382. The molecule has 0 unspecified atom stereocenters. The largest absolute Gasteiger partial charge is 0.343 e. The second-order valence-corrected chi connectivity index (χ2v) is 7.46.